The summed E-state index contributed by atoms with van der Waals surface area (Å²) >= 11 is 9.17. The molecule has 14 aromatic carbocycles. The van der Waals surface area contributed by atoms with Crippen LogP contribution >= 0.6 is 27.5 Å². The number of aryl methyl sites for hydroxylation is 3. The van der Waals surface area contributed by atoms with E-state index in [1.54, 1.807) is 48.7 Å². The molecule has 0 aliphatic heterocycles. The molecule has 740 valence electrons. The van der Waals surface area contributed by atoms with E-state index in [1.165, 1.54) is 45.3 Å². The van der Waals surface area contributed by atoms with Gasteiger partial charge in [-0.05, 0) is 227 Å². The van der Waals surface area contributed by atoms with Gasteiger partial charge in [0.15, 0.2) is 6.61 Å². The third-order valence-corrected chi connectivity index (χ3v) is 24.8. The van der Waals surface area contributed by atoms with Crippen LogP contribution in [0.3, 0.4) is 0 Å². The number of anilines is 3. The topological polar surface area (TPSA) is 252 Å². The van der Waals surface area contributed by atoms with E-state index in [9.17, 15) is 38.4 Å². The van der Waals surface area contributed by atoms with E-state index in [4.69, 9.17) is 27.5 Å². The summed E-state index contributed by atoms with van der Waals surface area (Å²) in [6, 6.07) is 106. The minimum atomic E-state index is -0.639. The van der Waals surface area contributed by atoms with Crippen molar-refractivity contribution in [2.45, 2.75) is 138 Å². The first-order chi connectivity index (χ1) is 70.4. The molecule has 0 spiro atoms. The SMILES string of the molecule is C#CCOC(=O)c1ccccc1C(=O)Nc1ccc(Cl)cc1.C/C(=N\NC(=O)c1cccc(C)c1)c1ccc2ccccc2c1.CC(C)(C)c1cc(C(=O)NC2=CC=CC3C=CC=CC23)cc(C(C)(C)C)c1.Cc1ccc(NC(=O)CCCCCCC(=O)Nc2ccc(C)cc2)cc1.O=C(Cc1cccc2ccccc12)N/N=C/c1ccc(Br)cc1.O=C(Cc1ccccc1)OC1=C(c2ccccc2)Cc2ccccc21. The number of esters is 2. The molecule has 146 heavy (non-hydrogen) atoms. The summed E-state index contributed by atoms with van der Waals surface area (Å²) in [5, 5.41) is 25.1. The number of nitrogens with zero attached hydrogens (tertiary/aromatic N) is 2. The number of hydrazone groups is 2. The summed E-state index contributed by atoms with van der Waals surface area (Å²) in [5.41, 5.74) is 24.9. The number of halogens is 2. The van der Waals surface area contributed by atoms with Gasteiger partial charge in [0.2, 0.25) is 17.7 Å². The molecular formula is C126H122BrClN8O10. The largest absolute Gasteiger partial charge is 0.449 e. The van der Waals surface area contributed by atoms with Crippen LogP contribution in [0.5, 0.6) is 0 Å². The van der Waals surface area contributed by atoms with Crippen LogP contribution in [-0.4, -0.2) is 65.9 Å². The summed E-state index contributed by atoms with van der Waals surface area (Å²) < 4.78 is 11.7. The van der Waals surface area contributed by atoms with Crippen molar-refractivity contribution in [3.63, 3.8) is 0 Å². The van der Waals surface area contributed by atoms with Crippen molar-refractivity contribution in [3.8, 4) is 12.3 Å². The zero-order valence-electron chi connectivity index (χ0n) is 83.9. The Morgan fingerprint density at radius 3 is 1.68 bits per heavy atom. The van der Waals surface area contributed by atoms with Crippen molar-refractivity contribution >= 4 is 137 Å². The highest BCUT2D eigenvalue weighted by Crippen LogP contribution is 2.40. The first kappa shape index (κ1) is 109. The lowest BCUT2D eigenvalue weighted by atomic mass is 9.79. The fourth-order valence-electron chi connectivity index (χ4n) is 16.0. The van der Waals surface area contributed by atoms with Crippen LogP contribution in [-0.2, 0) is 58.7 Å². The number of rotatable bonds is 26. The Bertz CT molecular complexity index is 7090. The molecule has 3 aliphatic rings. The number of hydrogen-bond donors (Lipinski definition) is 6. The van der Waals surface area contributed by atoms with Gasteiger partial charge in [-0.2, -0.15) is 10.2 Å². The Morgan fingerprint density at radius 2 is 1.03 bits per heavy atom. The number of fused-ring (bicyclic) bond motifs is 4. The smallest absolute Gasteiger partial charge is 0.339 e. The third-order valence-electron chi connectivity index (χ3n) is 24.0. The predicted octanol–water partition coefficient (Wildman–Crippen LogP) is 27.9. The van der Waals surface area contributed by atoms with Crippen LogP contribution in [0.1, 0.15) is 195 Å². The van der Waals surface area contributed by atoms with Crippen LogP contribution in [0.4, 0.5) is 17.1 Å². The molecule has 2 unspecified atom stereocenters. The van der Waals surface area contributed by atoms with E-state index in [-0.39, 0.29) is 76.4 Å². The zero-order chi connectivity index (χ0) is 104. The monoisotopic (exact) mass is 2020 g/mol. The zero-order valence-corrected chi connectivity index (χ0v) is 86.3. The van der Waals surface area contributed by atoms with Gasteiger partial charge in [-0.1, -0.05) is 372 Å². The molecule has 17 rings (SSSR count). The summed E-state index contributed by atoms with van der Waals surface area (Å²) in [7, 11) is 0. The highest BCUT2D eigenvalue weighted by Gasteiger charge is 2.29. The second kappa shape index (κ2) is 54.3. The Morgan fingerprint density at radius 1 is 0.473 bits per heavy atom. The molecule has 0 saturated heterocycles. The van der Waals surface area contributed by atoms with Gasteiger partial charge >= 0.3 is 11.9 Å². The molecule has 0 heterocycles. The van der Waals surface area contributed by atoms with Crippen molar-refractivity contribution in [1.82, 2.24) is 16.2 Å². The molecule has 2 atom stereocenters. The summed E-state index contributed by atoms with van der Waals surface area (Å²) in [6.07, 6.45) is 27.4. The molecule has 0 aromatic heterocycles. The van der Waals surface area contributed by atoms with Gasteiger partial charge in [0.05, 0.1) is 35.9 Å². The van der Waals surface area contributed by atoms with E-state index in [0.717, 1.165) is 126 Å². The minimum Gasteiger partial charge on any atom is -0.449 e. The average Bonchev–Trinajstić information content (AvgIpc) is 1.68. The number of unbranched alkanes of at least 4 members (excludes halogenated alkanes) is 3. The van der Waals surface area contributed by atoms with E-state index in [0.29, 0.717) is 47.2 Å². The number of amides is 6. The maximum absolute atomic E-state index is 13.1. The molecule has 14 aromatic rings. The lowest BCUT2D eigenvalue weighted by molar-refractivity contribution is -0.136. The molecule has 6 amide bonds. The standard InChI is InChI=1S/C25H31NO.C23H18O2.C22H28N2O2.C20H18N2O.C19H15BrN2O.C17H12ClNO3/c1-24(2,3)19-14-18(15-20(16-19)25(4,5)6)23(27)26-22-13-9-11-17-10-7-8-12-21(17)22;24-22(15-17-9-3-1-4-10-17)25-23-20-14-8-7-13-19(20)16-21(23)18-11-5-2-6-12-18;1-17-9-13-19(14-10-17)23-21(25)7-5-3-4-6-8-22(26)24-20-15-11-18(2)12-16-20;1-14-6-5-9-19(12-14)20(23)22-21-15(2)17-11-10-16-7-3-4-8-18(16)13-17;20-17-10-8-14(9-11-17)13-21-22-19(23)12-16-6-3-5-15-4-1-2-7-18(15)16;1-2-11-22-17(21)15-6-4-3-5-14(15)16(20)19-13-9-7-12(18)8-10-13/h7-17,21H,1-6H3,(H,26,27);1-14H,15-16H2;9-16H,3-8H2,1-2H3,(H,23,25)(H,24,26);3-13H,1-2H3,(H,22,23);1-11,13H,12H2,(H,22,23);1,3-10H,11H2,(H,19,20)/b;;;21-15+;21-13+;. The molecule has 0 saturated carbocycles. The molecule has 0 bridgehead atoms. The third kappa shape index (κ3) is 34.0. The fourth-order valence-corrected chi connectivity index (χ4v) is 16.4. The lowest BCUT2D eigenvalue weighted by Gasteiger charge is -2.28. The van der Waals surface area contributed by atoms with Gasteiger partial charge in [-0.15, -0.1) is 6.42 Å². The number of hydrogen-bond acceptors (Lipinski definition) is 12. The van der Waals surface area contributed by atoms with Gasteiger partial charge < -0.3 is 30.7 Å². The first-order valence-corrected chi connectivity index (χ1v) is 49.8. The van der Waals surface area contributed by atoms with E-state index < -0.39 is 11.9 Å². The summed E-state index contributed by atoms with van der Waals surface area (Å²) in [4.78, 5) is 97.8. The average molecular weight is 2020 g/mol. The van der Waals surface area contributed by atoms with Crippen LogP contribution in [0.25, 0.3) is 32.9 Å². The summed E-state index contributed by atoms with van der Waals surface area (Å²) in [6.45, 7) is 20.9. The normalized spacial score (nSPS) is 13.0. The Labute approximate surface area is 869 Å². The predicted molar refractivity (Wildman–Crippen MR) is 598 cm³/mol. The Hall–Kier alpha value is -16.3. The number of terminal acetylenes is 1. The molecular weight excluding hydrogens is 1900 g/mol. The second-order valence-electron chi connectivity index (χ2n) is 37.5. The van der Waals surface area contributed by atoms with Gasteiger partial charge in [0.25, 0.3) is 17.7 Å². The van der Waals surface area contributed by atoms with Crippen LogP contribution in [0.2, 0.25) is 5.02 Å². The van der Waals surface area contributed by atoms with Gasteiger partial charge in [0, 0.05) is 85.6 Å². The van der Waals surface area contributed by atoms with Crippen molar-refractivity contribution < 1.29 is 47.8 Å². The highest BCUT2D eigenvalue weighted by atomic mass is 79.9. The number of ether oxygens (including phenoxy) is 2. The molecule has 3 aliphatic carbocycles. The number of nitrogens with one attached hydrogen (secondary N) is 6. The Balaban J connectivity index is 0.000000156. The number of carbonyl (C=O) groups is 8. The first-order valence-electron chi connectivity index (χ1n) is 48.6. The number of allylic oxidation sites excluding steroid dienone is 8. The maximum atomic E-state index is 13.1. The second-order valence-corrected chi connectivity index (χ2v) is 38.9. The fraction of sp³-hybridized carbons (Fsp3) is 0.190. The van der Waals surface area contributed by atoms with Crippen molar-refractivity contribution in [2.75, 3.05) is 22.6 Å². The number of carbonyl (C=O) groups excluding carboxylic acids is 8. The Kier molecular flexibility index (Phi) is 40.3. The van der Waals surface area contributed by atoms with E-state index in [2.05, 4.69) is 185 Å². The summed E-state index contributed by atoms with van der Waals surface area (Å²) in [5.74, 6) is 1.87. The quantitative estimate of drug-likeness (QED) is 0.00983. The molecule has 20 heteroatoms. The van der Waals surface area contributed by atoms with Crippen molar-refractivity contribution in [1.29, 1.82) is 0 Å². The number of benzene rings is 14. The molecule has 0 radical (unpaired) electrons. The van der Waals surface area contributed by atoms with Gasteiger partial charge in [0.1, 0.15) is 5.76 Å². The molecule has 6 N–H and O–H groups in total. The van der Waals surface area contributed by atoms with Gasteiger partial charge in [-0.25, -0.2) is 15.6 Å². The van der Waals surface area contributed by atoms with Crippen LogP contribution < -0.4 is 32.1 Å². The lowest BCUT2D eigenvalue weighted by Crippen LogP contribution is -2.31. The van der Waals surface area contributed by atoms with Crippen LogP contribution in [0, 0.1) is 45.0 Å². The molecule has 0 fully saturated rings. The van der Waals surface area contributed by atoms with Crippen LogP contribution in [0.15, 0.2) is 397 Å². The van der Waals surface area contributed by atoms with Crippen molar-refractivity contribution in [3.05, 3.63) is 480 Å². The minimum absolute atomic E-state index is 0.00880. The van der Waals surface area contributed by atoms with Gasteiger partial charge in [-0.3, -0.25) is 33.6 Å². The van der Waals surface area contributed by atoms with E-state index >= 15 is 0 Å². The maximum Gasteiger partial charge on any atom is 0.339 e. The highest BCUT2D eigenvalue weighted by molar-refractivity contribution is 9.10. The van der Waals surface area contributed by atoms with E-state index in [1.807, 2.05) is 270 Å². The van der Waals surface area contributed by atoms with Crippen molar-refractivity contribution in [2.24, 2.45) is 22.0 Å². The molecule has 18 nitrogen and oxygen atoms in total.